The summed E-state index contributed by atoms with van der Waals surface area (Å²) in [5, 5.41) is 3.43. The lowest BCUT2D eigenvalue weighted by Crippen LogP contribution is -2.40. The highest BCUT2D eigenvalue weighted by Crippen LogP contribution is 2.02. The Bertz CT molecular complexity index is 120. The summed E-state index contributed by atoms with van der Waals surface area (Å²) in [6, 6.07) is 0.458. The molecule has 0 amide bonds. The molecule has 0 rings (SSSR count). The van der Waals surface area contributed by atoms with Crippen molar-refractivity contribution in [2.24, 2.45) is 5.73 Å². The number of methoxy groups -OCH3 is 1. The number of hydrogen-bond donors (Lipinski definition) is 2. The minimum absolute atomic E-state index is 0.273. The number of nitrogens with two attached hydrogens (primary N) is 1. The molecule has 2 atom stereocenters. The quantitative estimate of drug-likeness (QED) is 0.557. The molecule has 0 aromatic carbocycles. The van der Waals surface area contributed by atoms with E-state index in [2.05, 4.69) is 19.2 Å². The summed E-state index contributed by atoms with van der Waals surface area (Å²) >= 11 is 0. The van der Waals surface area contributed by atoms with Crippen LogP contribution in [0.5, 0.6) is 0 Å². The zero-order chi connectivity index (χ0) is 10.8. The van der Waals surface area contributed by atoms with Gasteiger partial charge >= 0.3 is 0 Å². The minimum atomic E-state index is 0.273. The largest absolute Gasteiger partial charge is 0.380 e. The molecule has 14 heavy (non-hydrogen) atoms. The van der Waals surface area contributed by atoms with Gasteiger partial charge < -0.3 is 15.8 Å². The molecule has 0 aliphatic rings. The normalized spacial score (nSPS) is 15.4. The van der Waals surface area contributed by atoms with E-state index in [-0.39, 0.29) is 6.10 Å². The van der Waals surface area contributed by atoms with E-state index in [1.54, 1.807) is 7.11 Å². The van der Waals surface area contributed by atoms with E-state index in [1.807, 2.05) is 0 Å². The Kier molecular flexibility index (Phi) is 9.35. The van der Waals surface area contributed by atoms with E-state index < -0.39 is 0 Å². The molecule has 0 bridgehead atoms. The Labute approximate surface area is 88.4 Å². The monoisotopic (exact) mass is 202 g/mol. The molecular formula is C11H26N2O. The number of rotatable bonds is 9. The maximum atomic E-state index is 5.68. The molecule has 0 aromatic heterocycles. The fourth-order valence-corrected chi connectivity index (χ4v) is 1.36. The molecule has 0 aromatic rings. The van der Waals surface area contributed by atoms with Crippen LogP contribution in [0, 0.1) is 0 Å². The summed E-state index contributed by atoms with van der Waals surface area (Å²) in [6.45, 7) is 5.90. The molecule has 0 aliphatic carbocycles. The van der Waals surface area contributed by atoms with Crippen molar-refractivity contribution in [3.63, 3.8) is 0 Å². The SMILES string of the molecule is CCCCCC(CN)NCC(C)OC. The Morgan fingerprint density at radius 1 is 1.36 bits per heavy atom. The summed E-state index contributed by atoms with van der Waals surface area (Å²) in [7, 11) is 1.74. The molecule has 3 N–H and O–H groups in total. The molecule has 0 fully saturated rings. The highest BCUT2D eigenvalue weighted by Gasteiger charge is 2.07. The van der Waals surface area contributed by atoms with E-state index in [0.717, 1.165) is 13.1 Å². The highest BCUT2D eigenvalue weighted by atomic mass is 16.5. The maximum absolute atomic E-state index is 5.68. The number of nitrogens with one attached hydrogen (secondary N) is 1. The third-order valence-corrected chi connectivity index (χ3v) is 2.54. The van der Waals surface area contributed by atoms with Crippen molar-refractivity contribution < 1.29 is 4.74 Å². The summed E-state index contributed by atoms with van der Waals surface area (Å²) in [4.78, 5) is 0. The summed E-state index contributed by atoms with van der Waals surface area (Å²) < 4.78 is 5.17. The maximum Gasteiger partial charge on any atom is 0.0667 e. The Hall–Kier alpha value is -0.120. The molecule has 0 saturated carbocycles. The smallest absolute Gasteiger partial charge is 0.0667 e. The first-order chi connectivity index (χ1) is 6.74. The average molecular weight is 202 g/mol. The van der Waals surface area contributed by atoms with E-state index in [9.17, 15) is 0 Å². The third kappa shape index (κ3) is 7.30. The lowest BCUT2D eigenvalue weighted by atomic mass is 10.1. The van der Waals surface area contributed by atoms with Crippen molar-refractivity contribution >= 4 is 0 Å². The standard InChI is InChI=1S/C11H26N2O/c1-4-5-6-7-11(8-12)13-9-10(2)14-3/h10-11,13H,4-9,12H2,1-3H3. The van der Waals surface area contributed by atoms with Crippen molar-refractivity contribution in [1.82, 2.24) is 5.32 Å². The second-order valence-corrected chi connectivity index (χ2v) is 3.88. The number of hydrogen-bond acceptors (Lipinski definition) is 3. The molecule has 0 saturated heterocycles. The van der Waals surface area contributed by atoms with Crippen molar-refractivity contribution in [2.45, 2.75) is 51.7 Å². The van der Waals surface area contributed by atoms with Crippen LogP contribution in [-0.4, -0.2) is 32.3 Å². The van der Waals surface area contributed by atoms with Crippen LogP contribution in [0.2, 0.25) is 0 Å². The molecule has 0 aliphatic heterocycles. The lowest BCUT2D eigenvalue weighted by Gasteiger charge is -2.19. The van der Waals surface area contributed by atoms with Gasteiger partial charge in [0.2, 0.25) is 0 Å². The Morgan fingerprint density at radius 3 is 2.57 bits per heavy atom. The third-order valence-electron chi connectivity index (χ3n) is 2.54. The van der Waals surface area contributed by atoms with Gasteiger partial charge in [0.05, 0.1) is 6.10 Å². The van der Waals surface area contributed by atoms with Gasteiger partial charge in [-0.1, -0.05) is 26.2 Å². The van der Waals surface area contributed by atoms with E-state index in [1.165, 1.54) is 25.7 Å². The van der Waals surface area contributed by atoms with E-state index >= 15 is 0 Å². The van der Waals surface area contributed by atoms with Gasteiger partial charge in [0, 0.05) is 26.2 Å². The molecule has 0 radical (unpaired) electrons. The zero-order valence-corrected chi connectivity index (χ0v) is 9.88. The molecule has 3 nitrogen and oxygen atoms in total. The molecular weight excluding hydrogens is 176 g/mol. The van der Waals surface area contributed by atoms with Gasteiger partial charge in [-0.15, -0.1) is 0 Å². The Balaban J connectivity index is 3.47. The van der Waals surface area contributed by atoms with Crippen LogP contribution in [0.4, 0.5) is 0 Å². The van der Waals surface area contributed by atoms with Crippen LogP contribution in [0.25, 0.3) is 0 Å². The molecule has 86 valence electrons. The molecule has 0 heterocycles. The first-order valence-corrected chi connectivity index (χ1v) is 5.70. The first-order valence-electron chi connectivity index (χ1n) is 5.70. The fraction of sp³-hybridized carbons (Fsp3) is 1.00. The van der Waals surface area contributed by atoms with Crippen molar-refractivity contribution in [1.29, 1.82) is 0 Å². The van der Waals surface area contributed by atoms with Crippen LogP contribution in [-0.2, 0) is 4.74 Å². The molecule has 0 spiro atoms. The highest BCUT2D eigenvalue weighted by molar-refractivity contribution is 4.69. The van der Waals surface area contributed by atoms with Gasteiger partial charge in [-0.3, -0.25) is 0 Å². The number of ether oxygens (including phenoxy) is 1. The van der Waals surface area contributed by atoms with Crippen LogP contribution in [0.15, 0.2) is 0 Å². The van der Waals surface area contributed by atoms with E-state index in [4.69, 9.17) is 10.5 Å². The molecule has 2 unspecified atom stereocenters. The minimum Gasteiger partial charge on any atom is -0.380 e. The van der Waals surface area contributed by atoms with Crippen molar-refractivity contribution in [2.75, 3.05) is 20.2 Å². The first kappa shape index (κ1) is 13.9. The second kappa shape index (κ2) is 9.44. The van der Waals surface area contributed by atoms with Crippen molar-refractivity contribution in [3.05, 3.63) is 0 Å². The van der Waals surface area contributed by atoms with Gasteiger partial charge in [-0.2, -0.15) is 0 Å². The van der Waals surface area contributed by atoms with Gasteiger partial charge in [0.1, 0.15) is 0 Å². The summed E-state index contributed by atoms with van der Waals surface area (Å²) in [6.07, 6.45) is 5.30. The Morgan fingerprint density at radius 2 is 2.07 bits per heavy atom. The van der Waals surface area contributed by atoms with Crippen molar-refractivity contribution in [3.8, 4) is 0 Å². The van der Waals surface area contributed by atoms with Crippen LogP contribution in [0.3, 0.4) is 0 Å². The number of unbranched alkanes of at least 4 members (excludes halogenated alkanes) is 2. The zero-order valence-electron chi connectivity index (χ0n) is 9.88. The predicted molar refractivity (Wildman–Crippen MR) is 61.5 cm³/mol. The fourth-order valence-electron chi connectivity index (χ4n) is 1.36. The van der Waals surface area contributed by atoms with Gasteiger partial charge in [-0.25, -0.2) is 0 Å². The predicted octanol–water partition coefficient (Wildman–Crippen LogP) is 1.52. The van der Waals surface area contributed by atoms with Crippen LogP contribution < -0.4 is 11.1 Å². The average Bonchev–Trinajstić information content (AvgIpc) is 2.22. The van der Waals surface area contributed by atoms with E-state index in [0.29, 0.717) is 6.04 Å². The summed E-state index contributed by atoms with van der Waals surface area (Å²) in [5.41, 5.74) is 5.68. The lowest BCUT2D eigenvalue weighted by molar-refractivity contribution is 0.114. The van der Waals surface area contributed by atoms with Gasteiger partial charge in [-0.05, 0) is 13.3 Å². The topological polar surface area (TPSA) is 47.3 Å². The van der Waals surface area contributed by atoms with Crippen LogP contribution in [0.1, 0.15) is 39.5 Å². The van der Waals surface area contributed by atoms with Gasteiger partial charge in [0.25, 0.3) is 0 Å². The second-order valence-electron chi connectivity index (χ2n) is 3.88. The summed E-state index contributed by atoms with van der Waals surface area (Å²) in [5.74, 6) is 0. The molecule has 3 heteroatoms. The van der Waals surface area contributed by atoms with Gasteiger partial charge in [0.15, 0.2) is 0 Å². The van der Waals surface area contributed by atoms with Crippen LogP contribution >= 0.6 is 0 Å².